The number of rotatable bonds is 4. The minimum Gasteiger partial charge on any atom is -0.308 e. The van der Waals surface area contributed by atoms with Gasteiger partial charge in [0.2, 0.25) is 0 Å². The first-order valence-electron chi connectivity index (χ1n) is 18.7. The fourth-order valence-electron chi connectivity index (χ4n) is 9.00. The molecular formula is C51H28N6. The van der Waals surface area contributed by atoms with E-state index in [4.69, 9.17) is 0 Å². The summed E-state index contributed by atoms with van der Waals surface area (Å²) in [7, 11) is 0. The number of aromatic nitrogens is 3. The van der Waals surface area contributed by atoms with Crippen molar-refractivity contribution in [2.24, 2.45) is 0 Å². The summed E-state index contributed by atoms with van der Waals surface area (Å²) in [5.74, 6) is 0. The Balaban J connectivity index is 1.45. The molecule has 0 N–H and O–H groups in total. The van der Waals surface area contributed by atoms with Crippen molar-refractivity contribution in [3.05, 3.63) is 187 Å². The Morgan fingerprint density at radius 1 is 0.351 bits per heavy atom. The van der Waals surface area contributed by atoms with Gasteiger partial charge in [0.25, 0.3) is 0 Å². The minimum atomic E-state index is 0.556. The third-order valence-electron chi connectivity index (χ3n) is 11.3. The zero-order chi connectivity index (χ0) is 38.2. The average Bonchev–Trinajstić information content (AvgIpc) is 3.92. The molecule has 8 aromatic carbocycles. The van der Waals surface area contributed by atoms with Crippen LogP contribution in [0.1, 0.15) is 16.7 Å². The molecule has 0 aliphatic carbocycles. The van der Waals surface area contributed by atoms with Gasteiger partial charge in [-0.05, 0) is 77.9 Å². The van der Waals surface area contributed by atoms with E-state index in [2.05, 4.69) is 141 Å². The van der Waals surface area contributed by atoms with Gasteiger partial charge in [0.15, 0.2) is 0 Å². The molecule has 0 radical (unpaired) electrons. The Labute approximate surface area is 326 Å². The van der Waals surface area contributed by atoms with Crippen LogP contribution < -0.4 is 0 Å². The van der Waals surface area contributed by atoms with Gasteiger partial charge >= 0.3 is 0 Å². The highest BCUT2D eigenvalue weighted by Crippen LogP contribution is 2.50. The molecule has 3 heterocycles. The average molecular weight is 725 g/mol. The number of nitriles is 3. The van der Waals surface area contributed by atoms with Crippen molar-refractivity contribution in [3.8, 4) is 46.4 Å². The summed E-state index contributed by atoms with van der Waals surface area (Å²) in [6.45, 7) is 0. The molecule has 0 saturated heterocycles. The summed E-state index contributed by atoms with van der Waals surface area (Å²) < 4.78 is 6.86. The molecule has 0 bridgehead atoms. The van der Waals surface area contributed by atoms with Crippen molar-refractivity contribution in [1.29, 1.82) is 15.8 Å². The predicted molar refractivity (Wildman–Crippen MR) is 229 cm³/mol. The second-order valence-electron chi connectivity index (χ2n) is 14.3. The van der Waals surface area contributed by atoms with Gasteiger partial charge in [0.1, 0.15) is 6.07 Å². The number of hydrogen-bond donors (Lipinski definition) is 0. The van der Waals surface area contributed by atoms with E-state index in [-0.39, 0.29) is 0 Å². The first-order valence-corrected chi connectivity index (χ1v) is 18.7. The maximum absolute atomic E-state index is 10.9. The van der Waals surface area contributed by atoms with Crippen molar-refractivity contribution in [3.63, 3.8) is 0 Å². The van der Waals surface area contributed by atoms with Crippen molar-refractivity contribution in [2.75, 3.05) is 0 Å². The number of fused-ring (bicyclic) bond motifs is 12. The van der Waals surface area contributed by atoms with E-state index in [0.717, 1.165) is 93.6 Å². The van der Waals surface area contributed by atoms with Crippen LogP contribution >= 0.6 is 0 Å². The van der Waals surface area contributed by atoms with Crippen LogP contribution in [0.5, 0.6) is 0 Å². The fourth-order valence-corrected chi connectivity index (χ4v) is 9.00. The van der Waals surface area contributed by atoms with Crippen LogP contribution in [0.25, 0.3) is 93.6 Å². The molecular weight excluding hydrogens is 697 g/mol. The second kappa shape index (κ2) is 12.3. The van der Waals surface area contributed by atoms with Crippen molar-refractivity contribution >= 4 is 65.4 Å². The van der Waals surface area contributed by atoms with Gasteiger partial charge < -0.3 is 13.7 Å². The molecule has 0 atom stereocenters. The van der Waals surface area contributed by atoms with Gasteiger partial charge in [0.05, 0.1) is 67.6 Å². The number of nitrogens with zero attached hydrogens (tertiary/aromatic N) is 6. The molecule has 57 heavy (non-hydrogen) atoms. The van der Waals surface area contributed by atoms with Gasteiger partial charge in [-0.1, -0.05) is 103 Å². The lowest BCUT2D eigenvalue weighted by Gasteiger charge is -2.15. The van der Waals surface area contributed by atoms with E-state index < -0.39 is 0 Å². The van der Waals surface area contributed by atoms with Crippen LogP contribution in [0.2, 0.25) is 0 Å². The van der Waals surface area contributed by atoms with Gasteiger partial charge in [0, 0.05) is 43.7 Å². The van der Waals surface area contributed by atoms with Gasteiger partial charge in [-0.3, -0.25) is 0 Å². The summed E-state index contributed by atoms with van der Waals surface area (Å²) in [6, 6.07) is 64.5. The summed E-state index contributed by atoms with van der Waals surface area (Å²) in [6.07, 6.45) is 0. The molecule has 3 aromatic heterocycles. The lowest BCUT2D eigenvalue weighted by atomic mass is 10.0. The first kappa shape index (κ1) is 32.1. The normalized spacial score (nSPS) is 11.5. The molecule has 0 aliphatic rings. The molecule has 11 rings (SSSR count). The molecule has 0 saturated carbocycles. The highest BCUT2D eigenvalue weighted by molar-refractivity contribution is 6.40. The summed E-state index contributed by atoms with van der Waals surface area (Å²) in [5, 5.41) is 37.3. The van der Waals surface area contributed by atoms with Crippen LogP contribution in [-0.2, 0) is 0 Å². The lowest BCUT2D eigenvalue weighted by molar-refractivity contribution is 1.16. The molecule has 262 valence electrons. The molecule has 6 heteroatoms. The summed E-state index contributed by atoms with van der Waals surface area (Å²) in [4.78, 5) is 0. The minimum absolute atomic E-state index is 0.556. The lowest BCUT2D eigenvalue weighted by Crippen LogP contribution is -2.00. The number of para-hydroxylation sites is 3. The van der Waals surface area contributed by atoms with Gasteiger partial charge in [-0.2, -0.15) is 15.8 Å². The van der Waals surface area contributed by atoms with Crippen LogP contribution in [0, 0.1) is 34.0 Å². The number of benzene rings is 8. The summed E-state index contributed by atoms with van der Waals surface area (Å²) in [5.41, 5.74) is 12.1. The molecule has 0 spiro atoms. The van der Waals surface area contributed by atoms with E-state index in [1.807, 2.05) is 60.7 Å². The third-order valence-corrected chi connectivity index (χ3v) is 11.3. The Bertz CT molecular complexity index is 3530. The smallest absolute Gasteiger partial charge is 0.101 e. The van der Waals surface area contributed by atoms with Crippen molar-refractivity contribution in [1.82, 2.24) is 13.7 Å². The quantitative estimate of drug-likeness (QED) is 0.181. The Morgan fingerprint density at radius 3 is 1.30 bits per heavy atom. The van der Waals surface area contributed by atoms with E-state index in [0.29, 0.717) is 16.7 Å². The molecule has 0 aliphatic heterocycles. The molecule has 0 unspecified atom stereocenters. The van der Waals surface area contributed by atoms with Gasteiger partial charge in [-0.15, -0.1) is 0 Å². The van der Waals surface area contributed by atoms with Crippen molar-refractivity contribution < 1.29 is 0 Å². The van der Waals surface area contributed by atoms with Crippen molar-refractivity contribution in [2.45, 2.75) is 0 Å². The van der Waals surface area contributed by atoms with Gasteiger partial charge in [-0.25, -0.2) is 0 Å². The standard InChI is InChI=1S/C51H28N6/c52-29-32-12-10-16-37(26-32)55-43-21-7-4-18-39(43)46-49-47(40-19-5-8-22-44(40)56(49)38-17-11-13-33(27-38)30-53)51-48(50(46)55)41-20-6-9-23-45(41)57(51)42-25-24-35(28-36(42)31-54)34-14-2-1-3-15-34/h1-28H. The van der Waals surface area contributed by atoms with Crippen LogP contribution in [0.3, 0.4) is 0 Å². The van der Waals surface area contributed by atoms with E-state index in [1.54, 1.807) is 0 Å². The largest absolute Gasteiger partial charge is 0.308 e. The van der Waals surface area contributed by atoms with Crippen LogP contribution in [0.15, 0.2) is 170 Å². The molecule has 6 nitrogen and oxygen atoms in total. The zero-order valence-electron chi connectivity index (χ0n) is 30.3. The Kier molecular flexibility index (Phi) is 6.95. The highest BCUT2D eigenvalue weighted by atomic mass is 15.0. The molecule has 11 aromatic rings. The molecule has 0 amide bonds. The maximum atomic E-state index is 10.9. The first-order chi connectivity index (χ1) is 28.2. The fraction of sp³-hybridized carbons (Fsp3) is 0. The van der Waals surface area contributed by atoms with E-state index in [1.165, 1.54) is 0 Å². The third kappa shape index (κ3) is 4.55. The van der Waals surface area contributed by atoms with E-state index in [9.17, 15) is 15.8 Å². The SMILES string of the molecule is N#Cc1cccc(-n2c3ccccc3c3c2c2c4ccccc4n(-c4ccc(-c5ccccc5)cc4C#N)c2c2c4ccccc4n(-c4cccc(C#N)c4)c32)c1. The van der Waals surface area contributed by atoms with E-state index >= 15 is 0 Å². The Hall–Kier alpha value is -8.37. The second-order valence-corrected chi connectivity index (χ2v) is 14.3. The molecule has 0 fully saturated rings. The zero-order valence-corrected chi connectivity index (χ0v) is 30.3. The maximum Gasteiger partial charge on any atom is 0.101 e. The topological polar surface area (TPSA) is 86.2 Å². The monoisotopic (exact) mass is 724 g/mol. The number of hydrogen-bond acceptors (Lipinski definition) is 3. The summed E-state index contributed by atoms with van der Waals surface area (Å²) >= 11 is 0. The van der Waals surface area contributed by atoms with Crippen LogP contribution in [0.4, 0.5) is 0 Å². The van der Waals surface area contributed by atoms with Crippen LogP contribution in [-0.4, -0.2) is 13.7 Å². The highest BCUT2D eigenvalue weighted by Gasteiger charge is 2.29. The predicted octanol–water partition coefficient (Wildman–Crippen LogP) is 12.3. The Morgan fingerprint density at radius 2 is 0.807 bits per heavy atom.